The summed E-state index contributed by atoms with van der Waals surface area (Å²) >= 11 is 0. The molecule has 1 spiro atoms. The number of aliphatic imine (C=N–C) groups is 1. The molecule has 170 valence electrons. The second-order valence-corrected chi connectivity index (χ2v) is 8.75. The number of hydrogen-bond acceptors (Lipinski definition) is 4. The Morgan fingerprint density at radius 1 is 1.14 bits per heavy atom. The zero-order chi connectivity index (χ0) is 19.8. The van der Waals surface area contributed by atoms with Gasteiger partial charge >= 0.3 is 0 Å². The fraction of sp³-hybridized carbons (Fsp3) is 0.955. The Morgan fingerprint density at radius 2 is 1.86 bits per heavy atom. The van der Waals surface area contributed by atoms with E-state index in [1.165, 1.54) is 51.6 Å². The van der Waals surface area contributed by atoms with Crippen molar-refractivity contribution in [3.05, 3.63) is 0 Å². The average Bonchev–Trinajstić information content (AvgIpc) is 3.22. The number of piperidine rings is 1. The fourth-order valence-electron chi connectivity index (χ4n) is 5.47. The molecule has 7 heteroatoms. The zero-order valence-electron chi connectivity index (χ0n) is 18.8. The van der Waals surface area contributed by atoms with E-state index in [0.29, 0.717) is 23.6 Å². The summed E-state index contributed by atoms with van der Waals surface area (Å²) in [5.41, 5.74) is 0.344. The van der Waals surface area contributed by atoms with Crippen LogP contribution in [0.3, 0.4) is 0 Å². The summed E-state index contributed by atoms with van der Waals surface area (Å²) in [5.74, 6) is 1.02. The number of likely N-dealkylation sites (tertiary alicyclic amines) is 1. The molecule has 3 aliphatic rings. The second-order valence-electron chi connectivity index (χ2n) is 8.75. The highest BCUT2D eigenvalue weighted by molar-refractivity contribution is 14.0. The van der Waals surface area contributed by atoms with Crippen LogP contribution < -0.4 is 10.6 Å². The largest absolute Gasteiger partial charge is 0.385 e. The minimum absolute atomic E-state index is 0. The first-order valence-corrected chi connectivity index (χ1v) is 11.6. The number of nitrogens with zero attached hydrogens (tertiary/aromatic N) is 2. The predicted octanol–water partition coefficient (Wildman–Crippen LogP) is 3.40. The summed E-state index contributed by atoms with van der Waals surface area (Å²) in [6.07, 6.45) is 10.4. The topological polar surface area (TPSA) is 58.1 Å². The first-order chi connectivity index (χ1) is 13.7. The van der Waals surface area contributed by atoms with E-state index in [1.54, 1.807) is 7.11 Å². The highest BCUT2D eigenvalue weighted by Gasteiger charge is 2.57. The smallest absolute Gasteiger partial charge is 0.191 e. The molecule has 3 fully saturated rings. The summed E-state index contributed by atoms with van der Waals surface area (Å²) in [5, 5.41) is 7.55. The Balaban J connectivity index is 0.00000300. The third kappa shape index (κ3) is 6.43. The van der Waals surface area contributed by atoms with Crippen LogP contribution in [-0.4, -0.2) is 75.5 Å². The van der Waals surface area contributed by atoms with Crippen molar-refractivity contribution in [1.82, 2.24) is 15.5 Å². The van der Waals surface area contributed by atoms with Crippen LogP contribution in [0, 0.1) is 5.41 Å². The molecule has 0 aromatic rings. The number of guanidine groups is 1. The maximum absolute atomic E-state index is 6.07. The van der Waals surface area contributed by atoms with Gasteiger partial charge in [0.25, 0.3) is 0 Å². The monoisotopic (exact) mass is 522 g/mol. The average molecular weight is 523 g/mol. The van der Waals surface area contributed by atoms with Crippen LogP contribution in [0.4, 0.5) is 0 Å². The quantitative estimate of drug-likeness (QED) is 0.211. The van der Waals surface area contributed by atoms with Crippen molar-refractivity contribution < 1.29 is 9.47 Å². The van der Waals surface area contributed by atoms with Crippen LogP contribution in [0.2, 0.25) is 0 Å². The number of rotatable bonds is 9. The molecule has 2 unspecified atom stereocenters. The lowest BCUT2D eigenvalue weighted by atomic mass is 9.60. The number of nitrogens with one attached hydrogen (secondary N) is 2. The van der Waals surface area contributed by atoms with Crippen molar-refractivity contribution in [2.75, 3.05) is 46.5 Å². The lowest BCUT2D eigenvalue weighted by molar-refractivity contribution is -0.125. The van der Waals surface area contributed by atoms with Gasteiger partial charge < -0.3 is 25.0 Å². The predicted molar refractivity (Wildman–Crippen MR) is 130 cm³/mol. The van der Waals surface area contributed by atoms with E-state index in [9.17, 15) is 0 Å². The lowest BCUT2D eigenvalue weighted by Crippen LogP contribution is -2.65. The molecule has 1 saturated heterocycles. The van der Waals surface area contributed by atoms with E-state index in [0.717, 1.165) is 45.1 Å². The lowest BCUT2D eigenvalue weighted by Gasteiger charge is -2.54. The molecule has 0 aromatic heterocycles. The van der Waals surface area contributed by atoms with E-state index in [2.05, 4.69) is 29.4 Å². The van der Waals surface area contributed by atoms with Crippen LogP contribution in [0.15, 0.2) is 4.99 Å². The number of ether oxygens (including phenoxy) is 2. The molecule has 0 bridgehead atoms. The molecule has 2 saturated carbocycles. The Bertz CT molecular complexity index is 491. The van der Waals surface area contributed by atoms with Gasteiger partial charge in [-0.2, -0.15) is 0 Å². The van der Waals surface area contributed by atoms with E-state index in [1.807, 2.05) is 0 Å². The van der Waals surface area contributed by atoms with Gasteiger partial charge in [0.05, 0.1) is 6.10 Å². The van der Waals surface area contributed by atoms with Crippen molar-refractivity contribution in [3.8, 4) is 0 Å². The van der Waals surface area contributed by atoms with Gasteiger partial charge in [-0.3, -0.25) is 4.99 Å². The Kier molecular flexibility index (Phi) is 11.0. The molecule has 0 amide bonds. The van der Waals surface area contributed by atoms with E-state index < -0.39 is 0 Å². The summed E-state index contributed by atoms with van der Waals surface area (Å²) in [7, 11) is 1.78. The minimum Gasteiger partial charge on any atom is -0.385 e. The molecule has 29 heavy (non-hydrogen) atoms. The SMILES string of the molecule is CCN=C(NC1CCN(CCCOC)CC1)NC1CC(OCC)C12CCCC2.I. The van der Waals surface area contributed by atoms with Crippen molar-refractivity contribution in [2.24, 2.45) is 10.4 Å². The van der Waals surface area contributed by atoms with E-state index >= 15 is 0 Å². The summed E-state index contributed by atoms with van der Waals surface area (Å²) in [6.45, 7) is 10.2. The maximum atomic E-state index is 6.07. The van der Waals surface area contributed by atoms with E-state index in [4.69, 9.17) is 14.5 Å². The highest BCUT2D eigenvalue weighted by Crippen LogP contribution is 2.54. The Morgan fingerprint density at radius 3 is 2.48 bits per heavy atom. The molecule has 0 aromatic carbocycles. The zero-order valence-corrected chi connectivity index (χ0v) is 21.1. The molecule has 6 nitrogen and oxygen atoms in total. The van der Waals surface area contributed by atoms with Gasteiger partial charge in [0.1, 0.15) is 0 Å². The number of halogens is 1. The normalized spacial score (nSPS) is 27.5. The molecule has 1 heterocycles. The van der Waals surface area contributed by atoms with Crippen molar-refractivity contribution in [2.45, 2.75) is 83.4 Å². The molecule has 1 aliphatic heterocycles. The highest BCUT2D eigenvalue weighted by atomic mass is 127. The van der Waals surface area contributed by atoms with Crippen LogP contribution in [0.25, 0.3) is 0 Å². The van der Waals surface area contributed by atoms with Crippen LogP contribution in [-0.2, 0) is 9.47 Å². The second kappa shape index (κ2) is 12.7. The van der Waals surface area contributed by atoms with Gasteiger partial charge in [-0.15, -0.1) is 24.0 Å². The van der Waals surface area contributed by atoms with Crippen LogP contribution in [0.5, 0.6) is 0 Å². The summed E-state index contributed by atoms with van der Waals surface area (Å²) in [4.78, 5) is 7.33. The minimum atomic E-state index is 0. The summed E-state index contributed by atoms with van der Waals surface area (Å²) in [6, 6.07) is 1.04. The maximum Gasteiger partial charge on any atom is 0.191 e. The first kappa shape index (κ1) is 25.1. The van der Waals surface area contributed by atoms with Crippen LogP contribution >= 0.6 is 24.0 Å². The van der Waals surface area contributed by atoms with Crippen LogP contribution in [0.1, 0.15) is 65.2 Å². The van der Waals surface area contributed by atoms with Gasteiger partial charge in [0, 0.05) is 64.0 Å². The molecule has 2 N–H and O–H groups in total. The molecule has 3 rings (SSSR count). The molecule has 2 atom stereocenters. The van der Waals surface area contributed by atoms with Crippen molar-refractivity contribution in [3.63, 3.8) is 0 Å². The molecule has 0 radical (unpaired) electrons. The number of methoxy groups -OCH3 is 1. The standard InChI is InChI=1S/C22H42N4O2.HI/c1-4-23-21(24-18-9-14-26(15-10-18)13-8-16-27-3)25-19-17-20(28-5-2)22(19)11-6-7-12-22;/h18-20H,4-17H2,1-3H3,(H2,23,24,25);1H. The Hall–Kier alpha value is -0.120. The molecular weight excluding hydrogens is 479 g/mol. The van der Waals surface area contributed by atoms with E-state index in [-0.39, 0.29) is 24.0 Å². The fourth-order valence-corrected chi connectivity index (χ4v) is 5.47. The molecular formula is C22H43IN4O2. The van der Waals surface area contributed by atoms with Gasteiger partial charge in [0.2, 0.25) is 0 Å². The third-order valence-corrected chi connectivity index (χ3v) is 7.07. The van der Waals surface area contributed by atoms with Crippen molar-refractivity contribution in [1.29, 1.82) is 0 Å². The third-order valence-electron chi connectivity index (χ3n) is 7.07. The van der Waals surface area contributed by atoms with Gasteiger partial charge in [-0.1, -0.05) is 12.8 Å². The van der Waals surface area contributed by atoms with Crippen molar-refractivity contribution >= 4 is 29.9 Å². The van der Waals surface area contributed by atoms with Gasteiger partial charge in [-0.25, -0.2) is 0 Å². The molecule has 2 aliphatic carbocycles. The number of hydrogen-bond donors (Lipinski definition) is 2. The van der Waals surface area contributed by atoms with Gasteiger partial charge in [0.15, 0.2) is 5.96 Å². The van der Waals surface area contributed by atoms with Gasteiger partial charge in [-0.05, 0) is 52.4 Å². The Labute approximate surface area is 195 Å². The first-order valence-electron chi connectivity index (χ1n) is 11.6. The summed E-state index contributed by atoms with van der Waals surface area (Å²) < 4.78 is 11.3.